The Bertz CT molecular complexity index is 594. The lowest BCUT2D eigenvalue weighted by molar-refractivity contribution is -0.137. The SMILES string of the molecule is CNC1CCN(C(=O)C=C(C)c2ccccc2C(F)(F)F)CC1.Cl. The van der Waals surface area contributed by atoms with Gasteiger partial charge in [0.25, 0.3) is 0 Å². The molecule has 1 aromatic rings. The van der Waals surface area contributed by atoms with Crippen LogP contribution in [0.1, 0.15) is 30.9 Å². The highest BCUT2D eigenvalue weighted by molar-refractivity contribution is 5.95. The second kappa shape index (κ2) is 8.53. The number of benzene rings is 1. The maximum atomic E-state index is 13.1. The molecule has 2 rings (SSSR count). The number of hydrogen-bond donors (Lipinski definition) is 1. The Kier molecular flexibility index (Phi) is 7.29. The molecule has 7 heteroatoms. The lowest BCUT2D eigenvalue weighted by Gasteiger charge is -2.31. The summed E-state index contributed by atoms with van der Waals surface area (Å²) < 4.78 is 39.2. The van der Waals surface area contributed by atoms with Crippen molar-refractivity contribution in [2.75, 3.05) is 20.1 Å². The van der Waals surface area contributed by atoms with Crippen molar-refractivity contribution in [2.24, 2.45) is 0 Å². The predicted octanol–water partition coefficient (Wildman–Crippen LogP) is 3.74. The molecule has 1 heterocycles. The number of nitrogens with zero attached hydrogens (tertiary/aromatic N) is 1. The maximum Gasteiger partial charge on any atom is 0.416 e. The maximum absolute atomic E-state index is 13.1. The quantitative estimate of drug-likeness (QED) is 0.831. The van der Waals surface area contributed by atoms with E-state index in [0.29, 0.717) is 24.7 Å². The molecular formula is C17H22ClF3N2O. The Morgan fingerprint density at radius 3 is 2.38 bits per heavy atom. The molecule has 0 saturated carbocycles. The van der Waals surface area contributed by atoms with Crippen LogP contribution in [-0.2, 0) is 11.0 Å². The second-order valence-electron chi connectivity index (χ2n) is 5.76. The average molecular weight is 363 g/mol. The highest BCUT2D eigenvalue weighted by atomic mass is 35.5. The predicted molar refractivity (Wildman–Crippen MR) is 91.0 cm³/mol. The van der Waals surface area contributed by atoms with Crippen molar-refractivity contribution in [1.82, 2.24) is 10.2 Å². The van der Waals surface area contributed by atoms with Crippen LogP contribution in [0.15, 0.2) is 30.3 Å². The molecule has 0 bridgehead atoms. The summed E-state index contributed by atoms with van der Waals surface area (Å²) in [4.78, 5) is 14.0. The van der Waals surface area contributed by atoms with Crippen LogP contribution in [0.5, 0.6) is 0 Å². The van der Waals surface area contributed by atoms with Gasteiger partial charge in [-0.05, 0) is 44.0 Å². The second-order valence-corrected chi connectivity index (χ2v) is 5.76. The molecule has 1 aliphatic rings. The van der Waals surface area contributed by atoms with Crippen LogP contribution < -0.4 is 5.32 Å². The molecule has 0 atom stereocenters. The van der Waals surface area contributed by atoms with Crippen LogP contribution in [0.4, 0.5) is 13.2 Å². The number of carbonyl (C=O) groups is 1. The fourth-order valence-corrected chi connectivity index (χ4v) is 2.82. The summed E-state index contributed by atoms with van der Waals surface area (Å²) in [5, 5.41) is 3.18. The van der Waals surface area contributed by atoms with Gasteiger partial charge in [-0.15, -0.1) is 12.4 Å². The number of rotatable bonds is 3. The third-order valence-electron chi connectivity index (χ3n) is 4.21. The van der Waals surface area contributed by atoms with Crippen LogP contribution >= 0.6 is 12.4 Å². The molecular weight excluding hydrogens is 341 g/mol. The van der Waals surface area contributed by atoms with E-state index in [1.807, 2.05) is 7.05 Å². The summed E-state index contributed by atoms with van der Waals surface area (Å²) in [7, 11) is 1.89. The number of amides is 1. The van der Waals surface area contributed by atoms with Gasteiger partial charge >= 0.3 is 6.18 Å². The summed E-state index contributed by atoms with van der Waals surface area (Å²) in [6, 6.07) is 5.73. The van der Waals surface area contributed by atoms with Crippen LogP contribution in [-0.4, -0.2) is 37.0 Å². The molecule has 1 N–H and O–H groups in total. The lowest BCUT2D eigenvalue weighted by Crippen LogP contribution is -2.43. The van der Waals surface area contributed by atoms with E-state index in [1.54, 1.807) is 17.9 Å². The van der Waals surface area contributed by atoms with Crippen molar-refractivity contribution in [3.63, 3.8) is 0 Å². The Hall–Kier alpha value is -1.53. The van der Waals surface area contributed by atoms with Gasteiger partial charge in [0, 0.05) is 25.2 Å². The summed E-state index contributed by atoms with van der Waals surface area (Å²) >= 11 is 0. The minimum Gasteiger partial charge on any atom is -0.339 e. The summed E-state index contributed by atoms with van der Waals surface area (Å²) in [5.74, 6) is -0.228. The Labute approximate surface area is 146 Å². The van der Waals surface area contributed by atoms with Crippen LogP contribution in [0.25, 0.3) is 5.57 Å². The van der Waals surface area contributed by atoms with Crippen molar-refractivity contribution in [1.29, 1.82) is 0 Å². The molecule has 1 amide bonds. The number of allylic oxidation sites excluding steroid dienone is 1. The number of nitrogens with one attached hydrogen (secondary N) is 1. The van der Waals surface area contributed by atoms with Gasteiger partial charge in [-0.2, -0.15) is 13.2 Å². The fourth-order valence-electron chi connectivity index (χ4n) is 2.82. The van der Waals surface area contributed by atoms with Crippen LogP contribution in [0.3, 0.4) is 0 Å². The third kappa shape index (κ3) is 4.98. The minimum absolute atomic E-state index is 0. The smallest absolute Gasteiger partial charge is 0.339 e. The number of carbonyl (C=O) groups excluding carboxylic acids is 1. The van der Waals surface area contributed by atoms with Gasteiger partial charge in [-0.25, -0.2) is 0 Å². The van der Waals surface area contributed by atoms with Crippen molar-refractivity contribution in [2.45, 2.75) is 32.0 Å². The number of alkyl halides is 3. The molecule has 0 radical (unpaired) electrons. The van der Waals surface area contributed by atoms with Gasteiger partial charge in [-0.1, -0.05) is 18.2 Å². The van der Waals surface area contributed by atoms with Crippen molar-refractivity contribution in [3.8, 4) is 0 Å². The molecule has 1 fully saturated rings. The van der Waals surface area contributed by atoms with E-state index < -0.39 is 11.7 Å². The number of piperidine rings is 1. The zero-order chi connectivity index (χ0) is 17.0. The largest absolute Gasteiger partial charge is 0.416 e. The molecule has 24 heavy (non-hydrogen) atoms. The van der Waals surface area contributed by atoms with Gasteiger partial charge in [0.15, 0.2) is 0 Å². The molecule has 3 nitrogen and oxygen atoms in total. The summed E-state index contributed by atoms with van der Waals surface area (Å²) in [6.07, 6.45) is -1.41. The topological polar surface area (TPSA) is 32.3 Å². The summed E-state index contributed by atoms with van der Waals surface area (Å²) in [5.41, 5.74) is -0.326. The first-order valence-electron chi connectivity index (χ1n) is 7.64. The van der Waals surface area contributed by atoms with Crippen LogP contribution in [0, 0.1) is 0 Å². The van der Waals surface area contributed by atoms with E-state index in [-0.39, 0.29) is 23.9 Å². The van der Waals surface area contributed by atoms with E-state index in [9.17, 15) is 18.0 Å². The number of hydrogen-bond acceptors (Lipinski definition) is 2. The van der Waals surface area contributed by atoms with Crippen LogP contribution in [0.2, 0.25) is 0 Å². The average Bonchev–Trinajstić information content (AvgIpc) is 2.54. The molecule has 0 aliphatic carbocycles. The highest BCUT2D eigenvalue weighted by Gasteiger charge is 2.33. The van der Waals surface area contributed by atoms with Crippen molar-refractivity contribution in [3.05, 3.63) is 41.5 Å². The van der Waals surface area contributed by atoms with E-state index in [1.165, 1.54) is 18.2 Å². The Balaban J connectivity index is 0.00000288. The molecule has 1 aliphatic heterocycles. The number of halogens is 4. The third-order valence-corrected chi connectivity index (χ3v) is 4.21. The lowest BCUT2D eigenvalue weighted by atomic mass is 9.99. The van der Waals surface area contributed by atoms with E-state index in [4.69, 9.17) is 0 Å². The van der Waals surface area contributed by atoms with Gasteiger partial charge in [0.1, 0.15) is 0 Å². The normalized spacial score (nSPS) is 16.7. The first kappa shape index (κ1) is 20.5. The van der Waals surface area contributed by atoms with Gasteiger partial charge in [-0.3, -0.25) is 4.79 Å². The van der Waals surface area contributed by atoms with Crippen molar-refractivity contribution < 1.29 is 18.0 Å². The number of likely N-dealkylation sites (tertiary alicyclic amines) is 1. The standard InChI is InChI=1S/C17H21F3N2O.ClH/c1-12(14-5-3-4-6-15(14)17(18,19)20)11-16(23)22-9-7-13(21-2)8-10-22;/h3-6,11,13,21H,7-10H2,1-2H3;1H. The zero-order valence-corrected chi connectivity index (χ0v) is 14.5. The molecule has 1 saturated heterocycles. The Morgan fingerprint density at radius 1 is 1.25 bits per heavy atom. The molecule has 0 aromatic heterocycles. The highest BCUT2D eigenvalue weighted by Crippen LogP contribution is 2.34. The summed E-state index contributed by atoms with van der Waals surface area (Å²) in [6.45, 7) is 2.78. The molecule has 0 unspecified atom stereocenters. The fraction of sp³-hybridized carbons (Fsp3) is 0.471. The first-order valence-corrected chi connectivity index (χ1v) is 7.64. The first-order chi connectivity index (χ1) is 10.8. The van der Waals surface area contributed by atoms with E-state index in [0.717, 1.165) is 18.9 Å². The van der Waals surface area contributed by atoms with E-state index >= 15 is 0 Å². The minimum atomic E-state index is -4.43. The van der Waals surface area contributed by atoms with Crippen molar-refractivity contribution >= 4 is 23.9 Å². The van der Waals surface area contributed by atoms with Gasteiger partial charge < -0.3 is 10.2 Å². The molecule has 0 spiro atoms. The monoisotopic (exact) mass is 362 g/mol. The van der Waals surface area contributed by atoms with Gasteiger partial charge in [0.2, 0.25) is 5.91 Å². The van der Waals surface area contributed by atoms with Gasteiger partial charge in [0.05, 0.1) is 5.56 Å². The zero-order valence-electron chi connectivity index (χ0n) is 13.7. The Morgan fingerprint density at radius 2 is 1.83 bits per heavy atom. The molecule has 134 valence electrons. The molecule has 1 aromatic carbocycles. The van der Waals surface area contributed by atoms with E-state index in [2.05, 4.69) is 5.32 Å².